The number of benzene rings is 1. The van der Waals surface area contributed by atoms with Crippen LogP contribution >= 0.6 is 0 Å². The molecule has 0 heterocycles. The van der Waals surface area contributed by atoms with Gasteiger partial charge in [0.15, 0.2) is 0 Å². The Balaban J connectivity index is 2.78. The minimum absolute atomic E-state index is 0.181. The average Bonchev–Trinajstić information content (AvgIpc) is 2.20. The number of aliphatic hydroxyl groups excluding tert-OH is 1. The molecule has 0 fully saturated rings. The zero-order valence-corrected chi connectivity index (χ0v) is 10.9. The second-order valence-corrected chi connectivity index (χ2v) is 5.39. The van der Waals surface area contributed by atoms with Crippen LogP contribution in [0.15, 0.2) is 24.3 Å². The molecule has 2 unspecified atom stereocenters. The lowest BCUT2D eigenvalue weighted by Crippen LogP contribution is -2.40. The Morgan fingerprint density at radius 1 is 1.29 bits per heavy atom. The molecule has 0 saturated heterocycles. The van der Waals surface area contributed by atoms with Crippen LogP contribution in [-0.2, 0) is 11.2 Å². The lowest BCUT2D eigenvalue weighted by Gasteiger charge is -2.33. The van der Waals surface area contributed by atoms with Gasteiger partial charge in [-0.15, -0.1) is 0 Å². The maximum atomic E-state index is 13.5. The van der Waals surface area contributed by atoms with Gasteiger partial charge < -0.3 is 9.84 Å². The Bertz CT molecular complexity index is 357. The molecule has 0 aromatic heterocycles. The highest BCUT2D eigenvalue weighted by Crippen LogP contribution is 2.26. The van der Waals surface area contributed by atoms with Crippen molar-refractivity contribution in [3.63, 3.8) is 0 Å². The standard InChI is InChI=1S/C14H21FO2/c1-14(2,3)13(17-4)12(16)9-10-7-5-6-8-11(10)15/h5-8,12-13,16H,9H2,1-4H3. The molecule has 0 saturated carbocycles. The van der Waals surface area contributed by atoms with Gasteiger partial charge in [-0.05, 0) is 17.0 Å². The summed E-state index contributed by atoms with van der Waals surface area (Å²) in [5, 5.41) is 10.1. The zero-order chi connectivity index (χ0) is 13.1. The maximum Gasteiger partial charge on any atom is 0.126 e. The molecule has 1 aromatic rings. The quantitative estimate of drug-likeness (QED) is 0.877. The molecule has 0 aliphatic heterocycles. The van der Waals surface area contributed by atoms with Crippen LogP contribution in [0.4, 0.5) is 4.39 Å². The van der Waals surface area contributed by atoms with Gasteiger partial charge in [-0.25, -0.2) is 4.39 Å². The van der Waals surface area contributed by atoms with Crippen LogP contribution in [0.5, 0.6) is 0 Å². The Morgan fingerprint density at radius 2 is 1.88 bits per heavy atom. The predicted molar refractivity (Wildman–Crippen MR) is 66.4 cm³/mol. The molecular weight excluding hydrogens is 219 g/mol. The number of rotatable bonds is 4. The van der Waals surface area contributed by atoms with Crippen LogP contribution in [-0.4, -0.2) is 24.4 Å². The fraction of sp³-hybridized carbons (Fsp3) is 0.571. The van der Waals surface area contributed by atoms with Crippen molar-refractivity contribution in [1.29, 1.82) is 0 Å². The third-order valence-electron chi connectivity index (χ3n) is 2.84. The SMILES string of the molecule is COC(C(O)Cc1ccccc1F)C(C)(C)C. The van der Waals surface area contributed by atoms with E-state index in [0.717, 1.165) is 0 Å². The van der Waals surface area contributed by atoms with Crippen LogP contribution in [0.3, 0.4) is 0 Å². The van der Waals surface area contributed by atoms with Gasteiger partial charge in [0.2, 0.25) is 0 Å². The summed E-state index contributed by atoms with van der Waals surface area (Å²) in [6, 6.07) is 6.50. The summed E-state index contributed by atoms with van der Waals surface area (Å²) >= 11 is 0. The molecule has 0 aliphatic rings. The first kappa shape index (κ1) is 14.1. The predicted octanol–water partition coefficient (Wildman–Crippen LogP) is 2.79. The first-order valence-corrected chi connectivity index (χ1v) is 5.80. The van der Waals surface area contributed by atoms with E-state index in [1.807, 2.05) is 20.8 Å². The number of ether oxygens (including phenoxy) is 1. The molecule has 0 amide bonds. The van der Waals surface area contributed by atoms with E-state index in [0.29, 0.717) is 5.56 Å². The summed E-state index contributed by atoms with van der Waals surface area (Å²) in [5.74, 6) is -0.282. The summed E-state index contributed by atoms with van der Waals surface area (Å²) in [6.07, 6.45) is -0.762. The van der Waals surface area contributed by atoms with Gasteiger partial charge >= 0.3 is 0 Å². The zero-order valence-electron chi connectivity index (χ0n) is 10.9. The van der Waals surface area contributed by atoms with Crippen molar-refractivity contribution in [1.82, 2.24) is 0 Å². The summed E-state index contributed by atoms with van der Waals surface area (Å²) in [4.78, 5) is 0. The van der Waals surface area contributed by atoms with E-state index in [1.54, 1.807) is 25.3 Å². The van der Waals surface area contributed by atoms with Crippen LogP contribution in [0.1, 0.15) is 26.3 Å². The van der Waals surface area contributed by atoms with E-state index >= 15 is 0 Å². The highest BCUT2D eigenvalue weighted by molar-refractivity contribution is 5.18. The van der Waals surface area contributed by atoms with Crippen LogP contribution in [0.2, 0.25) is 0 Å². The van der Waals surface area contributed by atoms with E-state index in [4.69, 9.17) is 4.74 Å². The summed E-state index contributed by atoms with van der Waals surface area (Å²) in [5.41, 5.74) is 0.339. The number of methoxy groups -OCH3 is 1. The van der Waals surface area contributed by atoms with Gasteiger partial charge in [-0.1, -0.05) is 39.0 Å². The van der Waals surface area contributed by atoms with Crippen LogP contribution < -0.4 is 0 Å². The molecule has 0 radical (unpaired) electrons. The maximum absolute atomic E-state index is 13.5. The van der Waals surface area contributed by atoms with Crippen LogP contribution in [0.25, 0.3) is 0 Å². The highest BCUT2D eigenvalue weighted by Gasteiger charge is 2.31. The van der Waals surface area contributed by atoms with Gasteiger partial charge in [-0.3, -0.25) is 0 Å². The fourth-order valence-corrected chi connectivity index (χ4v) is 2.08. The van der Waals surface area contributed by atoms with Crippen molar-refractivity contribution in [2.45, 2.75) is 39.4 Å². The molecule has 1 N–H and O–H groups in total. The minimum Gasteiger partial charge on any atom is -0.390 e. The first-order valence-electron chi connectivity index (χ1n) is 5.80. The number of halogens is 1. The fourth-order valence-electron chi connectivity index (χ4n) is 2.08. The third-order valence-corrected chi connectivity index (χ3v) is 2.84. The lowest BCUT2D eigenvalue weighted by atomic mass is 9.83. The van der Waals surface area contributed by atoms with Crippen LogP contribution in [0, 0.1) is 11.2 Å². The minimum atomic E-state index is -0.711. The Morgan fingerprint density at radius 3 is 2.35 bits per heavy atom. The highest BCUT2D eigenvalue weighted by atomic mass is 19.1. The summed E-state index contributed by atoms with van der Waals surface area (Å²) in [6.45, 7) is 5.98. The molecule has 0 bridgehead atoms. The van der Waals surface area contributed by atoms with E-state index in [1.165, 1.54) is 6.07 Å². The van der Waals surface area contributed by atoms with Crippen molar-refractivity contribution in [3.8, 4) is 0 Å². The van der Waals surface area contributed by atoms with E-state index in [-0.39, 0.29) is 23.8 Å². The van der Waals surface area contributed by atoms with Crippen molar-refractivity contribution < 1.29 is 14.2 Å². The Labute approximate surface area is 102 Å². The molecule has 2 atom stereocenters. The number of aliphatic hydroxyl groups is 1. The molecule has 2 nitrogen and oxygen atoms in total. The number of hydrogen-bond acceptors (Lipinski definition) is 2. The van der Waals surface area contributed by atoms with Gasteiger partial charge in [0.25, 0.3) is 0 Å². The van der Waals surface area contributed by atoms with Gasteiger partial charge in [0.1, 0.15) is 5.82 Å². The smallest absolute Gasteiger partial charge is 0.126 e. The second-order valence-electron chi connectivity index (χ2n) is 5.39. The van der Waals surface area contributed by atoms with Crippen molar-refractivity contribution in [2.75, 3.05) is 7.11 Å². The lowest BCUT2D eigenvalue weighted by molar-refractivity contribution is -0.0701. The number of hydrogen-bond donors (Lipinski definition) is 1. The van der Waals surface area contributed by atoms with E-state index in [9.17, 15) is 9.50 Å². The Hall–Kier alpha value is -0.930. The topological polar surface area (TPSA) is 29.5 Å². The largest absolute Gasteiger partial charge is 0.390 e. The molecule has 96 valence electrons. The van der Waals surface area contributed by atoms with Gasteiger partial charge in [0.05, 0.1) is 12.2 Å². The molecular formula is C14H21FO2. The normalized spacial score (nSPS) is 15.6. The third kappa shape index (κ3) is 3.79. The van der Waals surface area contributed by atoms with Crippen molar-refractivity contribution in [3.05, 3.63) is 35.6 Å². The molecule has 1 rings (SSSR count). The summed E-state index contributed by atoms with van der Waals surface area (Å²) in [7, 11) is 1.57. The molecule has 17 heavy (non-hydrogen) atoms. The first-order chi connectivity index (χ1) is 7.86. The molecule has 3 heteroatoms. The van der Waals surface area contributed by atoms with E-state index in [2.05, 4.69) is 0 Å². The van der Waals surface area contributed by atoms with E-state index < -0.39 is 6.10 Å². The Kier molecular flexibility index (Phi) is 4.66. The molecule has 0 aliphatic carbocycles. The summed E-state index contributed by atoms with van der Waals surface area (Å²) < 4.78 is 18.8. The molecule has 1 aromatic carbocycles. The molecule has 0 spiro atoms. The van der Waals surface area contributed by atoms with Gasteiger partial charge in [0, 0.05) is 13.5 Å². The monoisotopic (exact) mass is 240 g/mol. The average molecular weight is 240 g/mol. The van der Waals surface area contributed by atoms with Crippen molar-refractivity contribution in [2.24, 2.45) is 5.41 Å². The van der Waals surface area contributed by atoms with Gasteiger partial charge in [-0.2, -0.15) is 0 Å². The van der Waals surface area contributed by atoms with Crippen molar-refractivity contribution >= 4 is 0 Å². The second kappa shape index (κ2) is 5.61.